The van der Waals surface area contributed by atoms with Crippen molar-refractivity contribution < 1.29 is 0 Å². The molecule has 2 rings (SSSR count). The molecule has 0 amide bonds. The van der Waals surface area contributed by atoms with Crippen molar-refractivity contribution in [2.45, 2.75) is 52.1 Å². The van der Waals surface area contributed by atoms with Gasteiger partial charge in [-0.15, -0.1) is 0 Å². The Balaban J connectivity index is 2.10. The highest BCUT2D eigenvalue weighted by molar-refractivity contribution is 5.12. The van der Waals surface area contributed by atoms with E-state index in [0.717, 1.165) is 18.9 Å². The topological polar surface area (TPSA) is 55.9 Å². The largest absolute Gasteiger partial charge is 0.272 e. The molecule has 4 nitrogen and oxygen atoms in total. The Kier molecular flexibility index (Phi) is 4.18. The third-order valence-electron chi connectivity index (χ3n) is 4.00. The smallest absolute Gasteiger partial charge is 0.0538 e. The molecule has 3 unspecified atom stereocenters. The first-order valence-corrected chi connectivity index (χ1v) is 6.74. The molecule has 3 atom stereocenters. The number of nitrogens with one attached hydrogen (secondary N) is 1. The summed E-state index contributed by atoms with van der Waals surface area (Å²) in [4.78, 5) is 0. The van der Waals surface area contributed by atoms with Crippen LogP contribution in [0.5, 0.6) is 0 Å². The van der Waals surface area contributed by atoms with Gasteiger partial charge in [-0.3, -0.25) is 16.0 Å². The fraction of sp³-hybridized carbons (Fsp3) is 0.769. The minimum atomic E-state index is 0.262. The summed E-state index contributed by atoms with van der Waals surface area (Å²) >= 11 is 0. The molecule has 0 bridgehead atoms. The molecule has 1 aliphatic carbocycles. The summed E-state index contributed by atoms with van der Waals surface area (Å²) in [5, 5.41) is 4.39. The van der Waals surface area contributed by atoms with E-state index in [1.54, 1.807) is 0 Å². The lowest BCUT2D eigenvalue weighted by molar-refractivity contribution is 0.304. The average Bonchev–Trinajstić information content (AvgIpc) is 2.92. The van der Waals surface area contributed by atoms with Crippen molar-refractivity contribution in [3.8, 4) is 0 Å². The van der Waals surface area contributed by atoms with E-state index >= 15 is 0 Å². The van der Waals surface area contributed by atoms with Crippen molar-refractivity contribution in [3.63, 3.8) is 0 Å². The molecule has 96 valence electrons. The van der Waals surface area contributed by atoms with E-state index in [9.17, 15) is 0 Å². The van der Waals surface area contributed by atoms with Gasteiger partial charge >= 0.3 is 0 Å². The molecule has 4 heteroatoms. The average molecular weight is 236 g/mol. The molecular weight excluding hydrogens is 212 g/mol. The second-order valence-electron chi connectivity index (χ2n) is 5.25. The van der Waals surface area contributed by atoms with E-state index in [2.05, 4.69) is 30.6 Å². The monoisotopic (exact) mass is 236 g/mol. The number of hydrogen-bond acceptors (Lipinski definition) is 3. The van der Waals surface area contributed by atoms with Gasteiger partial charge in [-0.25, -0.2) is 0 Å². The number of aryl methyl sites for hydroxylation is 1. The van der Waals surface area contributed by atoms with Crippen LogP contribution in [0.4, 0.5) is 0 Å². The van der Waals surface area contributed by atoms with Crippen molar-refractivity contribution in [3.05, 3.63) is 18.0 Å². The minimum absolute atomic E-state index is 0.262. The minimum Gasteiger partial charge on any atom is -0.272 e. The highest BCUT2D eigenvalue weighted by Crippen LogP contribution is 2.39. The van der Waals surface area contributed by atoms with Crippen LogP contribution in [0.15, 0.2) is 12.4 Å². The van der Waals surface area contributed by atoms with Crippen LogP contribution in [0, 0.1) is 11.8 Å². The van der Waals surface area contributed by atoms with E-state index in [0.29, 0.717) is 5.92 Å². The second-order valence-corrected chi connectivity index (χ2v) is 5.25. The van der Waals surface area contributed by atoms with E-state index < -0.39 is 0 Å². The molecule has 3 N–H and O–H groups in total. The van der Waals surface area contributed by atoms with Crippen LogP contribution in [-0.2, 0) is 6.54 Å². The van der Waals surface area contributed by atoms with Gasteiger partial charge in [0, 0.05) is 18.3 Å². The maximum Gasteiger partial charge on any atom is 0.0538 e. The van der Waals surface area contributed by atoms with Gasteiger partial charge in [-0.1, -0.05) is 26.7 Å². The first-order valence-electron chi connectivity index (χ1n) is 6.74. The Morgan fingerprint density at radius 3 is 3.00 bits per heavy atom. The van der Waals surface area contributed by atoms with Gasteiger partial charge in [0.2, 0.25) is 0 Å². The quantitative estimate of drug-likeness (QED) is 0.609. The maximum atomic E-state index is 5.74. The molecular formula is C13H24N4. The Morgan fingerprint density at radius 2 is 2.41 bits per heavy atom. The van der Waals surface area contributed by atoms with Gasteiger partial charge in [-0.05, 0) is 24.7 Å². The standard InChI is InChI=1S/C13H24N4/c1-3-7-17-9-11(8-15-17)13(16-14)12-6-4-5-10(12)2/h8-10,12-13,16H,3-7,14H2,1-2H3. The van der Waals surface area contributed by atoms with Crippen molar-refractivity contribution in [2.75, 3.05) is 0 Å². The zero-order chi connectivity index (χ0) is 12.3. The molecule has 1 aliphatic rings. The molecule has 0 aromatic carbocycles. The van der Waals surface area contributed by atoms with Crippen molar-refractivity contribution in [2.24, 2.45) is 17.7 Å². The van der Waals surface area contributed by atoms with Crippen LogP contribution in [-0.4, -0.2) is 9.78 Å². The van der Waals surface area contributed by atoms with E-state index in [4.69, 9.17) is 5.84 Å². The molecule has 1 heterocycles. The van der Waals surface area contributed by atoms with Crippen LogP contribution in [0.1, 0.15) is 51.1 Å². The Labute approximate surface area is 104 Å². The lowest BCUT2D eigenvalue weighted by Crippen LogP contribution is -2.34. The fourth-order valence-electron chi connectivity index (χ4n) is 3.03. The van der Waals surface area contributed by atoms with Crippen LogP contribution >= 0.6 is 0 Å². The number of hydrogen-bond donors (Lipinski definition) is 2. The summed E-state index contributed by atoms with van der Waals surface area (Å²) < 4.78 is 2.01. The number of aromatic nitrogens is 2. The lowest BCUT2D eigenvalue weighted by Gasteiger charge is -2.25. The summed E-state index contributed by atoms with van der Waals surface area (Å²) in [6, 6.07) is 0.262. The van der Waals surface area contributed by atoms with Crippen molar-refractivity contribution >= 4 is 0 Å². The number of nitrogens with two attached hydrogens (primary N) is 1. The maximum absolute atomic E-state index is 5.74. The second kappa shape index (κ2) is 5.65. The first kappa shape index (κ1) is 12.6. The van der Waals surface area contributed by atoms with Gasteiger partial charge in [0.25, 0.3) is 0 Å². The number of rotatable bonds is 5. The van der Waals surface area contributed by atoms with Gasteiger partial charge in [0.15, 0.2) is 0 Å². The number of hydrazine groups is 1. The SMILES string of the molecule is CCCn1cc(C(NN)C2CCCC2C)cn1. The molecule has 0 spiro atoms. The Hall–Kier alpha value is -0.870. The third-order valence-corrected chi connectivity index (χ3v) is 4.00. The fourth-order valence-corrected chi connectivity index (χ4v) is 3.03. The summed E-state index contributed by atoms with van der Waals surface area (Å²) in [6.45, 7) is 5.48. The molecule has 0 radical (unpaired) electrons. The number of nitrogens with zero attached hydrogens (tertiary/aromatic N) is 2. The normalized spacial score (nSPS) is 26.3. The van der Waals surface area contributed by atoms with Crippen LogP contribution < -0.4 is 11.3 Å². The molecule has 1 aromatic rings. The summed E-state index contributed by atoms with van der Waals surface area (Å²) in [7, 11) is 0. The van der Waals surface area contributed by atoms with E-state index in [-0.39, 0.29) is 6.04 Å². The Bertz CT molecular complexity index is 347. The first-order chi connectivity index (χ1) is 8.26. The molecule has 1 aromatic heterocycles. The summed E-state index contributed by atoms with van der Waals surface area (Å²) in [5.74, 6) is 7.15. The zero-order valence-corrected chi connectivity index (χ0v) is 10.9. The van der Waals surface area contributed by atoms with Gasteiger partial charge in [0.05, 0.1) is 12.2 Å². The predicted octanol–water partition coefficient (Wildman–Crippen LogP) is 2.23. The zero-order valence-electron chi connectivity index (χ0n) is 10.9. The van der Waals surface area contributed by atoms with Crippen LogP contribution in [0.2, 0.25) is 0 Å². The van der Waals surface area contributed by atoms with Crippen LogP contribution in [0.25, 0.3) is 0 Å². The lowest BCUT2D eigenvalue weighted by atomic mass is 9.87. The predicted molar refractivity (Wildman–Crippen MR) is 69.1 cm³/mol. The molecule has 1 fully saturated rings. The molecule has 0 saturated heterocycles. The third kappa shape index (κ3) is 2.69. The van der Waals surface area contributed by atoms with Gasteiger partial charge in [-0.2, -0.15) is 5.10 Å². The highest BCUT2D eigenvalue weighted by atomic mass is 15.3. The van der Waals surface area contributed by atoms with Crippen molar-refractivity contribution in [1.29, 1.82) is 0 Å². The Morgan fingerprint density at radius 1 is 1.59 bits per heavy atom. The van der Waals surface area contributed by atoms with E-state index in [1.807, 2.05) is 10.9 Å². The molecule has 17 heavy (non-hydrogen) atoms. The van der Waals surface area contributed by atoms with E-state index in [1.165, 1.54) is 24.8 Å². The molecule has 0 aliphatic heterocycles. The summed E-state index contributed by atoms with van der Waals surface area (Å²) in [6.07, 6.45) is 9.14. The molecule has 1 saturated carbocycles. The van der Waals surface area contributed by atoms with Gasteiger partial charge < -0.3 is 0 Å². The van der Waals surface area contributed by atoms with Gasteiger partial charge in [0.1, 0.15) is 0 Å². The van der Waals surface area contributed by atoms with Crippen LogP contribution in [0.3, 0.4) is 0 Å². The highest BCUT2D eigenvalue weighted by Gasteiger charge is 2.31. The van der Waals surface area contributed by atoms with Crippen molar-refractivity contribution in [1.82, 2.24) is 15.2 Å². The summed E-state index contributed by atoms with van der Waals surface area (Å²) in [5.41, 5.74) is 4.23.